The van der Waals surface area contributed by atoms with Crippen LogP contribution in [0.3, 0.4) is 0 Å². The number of anilines is 1. The number of benzene rings is 1. The van der Waals surface area contributed by atoms with Gasteiger partial charge in [-0.05, 0) is 18.9 Å². The van der Waals surface area contributed by atoms with Gasteiger partial charge in [-0.3, -0.25) is 10.1 Å². The monoisotopic (exact) mass is 294 g/mol. The lowest BCUT2D eigenvalue weighted by Crippen LogP contribution is -2.44. The van der Waals surface area contributed by atoms with E-state index in [-0.39, 0.29) is 23.0 Å². The van der Waals surface area contributed by atoms with Gasteiger partial charge in [-0.1, -0.05) is 18.9 Å². The highest BCUT2D eigenvalue weighted by Crippen LogP contribution is 2.35. The smallest absolute Gasteiger partial charge is 0.338 e. The number of nitro groups is 1. The molecule has 2 unspecified atom stereocenters. The van der Waals surface area contributed by atoms with Crippen molar-refractivity contribution < 1.29 is 19.9 Å². The van der Waals surface area contributed by atoms with Crippen LogP contribution in [0.2, 0.25) is 0 Å². The minimum Gasteiger partial charge on any atom is -0.478 e. The summed E-state index contributed by atoms with van der Waals surface area (Å²) in [4.78, 5) is 23.5. The van der Waals surface area contributed by atoms with E-state index >= 15 is 0 Å². The number of nitro benzene ring substituents is 1. The van der Waals surface area contributed by atoms with Gasteiger partial charge in [0.25, 0.3) is 5.69 Å². The first-order valence-corrected chi connectivity index (χ1v) is 6.85. The molecular weight excluding hydrogens is 276 g/mol. The minimum absolute atomic E-state index is 0.0564. The highest BCUT2D eigenvalue weighted by Gasteiger charge is 2.33. The number of nitrogens with zero attached hydrogens (tertiary/aromatic N) is 2. The fourth-order valence-electron chi connectivity index (χ4n) is 2.93. The van der Waals surface area contributed by atoms with Crippen LogP contribution >= 0.6 is 0 Å². The number of hydrogen-bond acceptors (Lipinski definition) is 5. The topological polar surface area (TPSA) is 104 Å². The summed E-state index contributed by atoms with van der Waals surface area (Å²) in [5.74, 6) is -1.22. The van der Waals surface area contributed by atoms with E-state index in [4.69, 9.17) is 0 Å². The third-order valence-corrected chi connectivity index (χ3v) is 3.99. The molecule has 0 spiro atoms. The molecular formula is C14H18N2O5. The lowest BCUT2D eigenvalue weighted by atomic mass is 9.91. The molecule has 7 heteroatoms. The summed E-state index contributed by atoms with van der Waals surface area (Å²) in [6.45, 7) is 0. The largest absolute Gasteiger partial charge is 0.478 e. The van der Waals surface area contributed by atoms with E-state index < -0.39 is 17.0 Å². The molecule has 1 fully saturated rings. The first kappa shape index (κ1) is 15.2. The second kappa shape index (κ2) is 6.09. The second-order valence-corrected chi connectivity index (χ2v) is 5.27. The quantitative estimate of drug-likeness (QED) is 0.650. The Morgan fingerprint density at radius 2 is 2.05 bits per heavy atom. The minimum atomic E-state index is -1.22. The molecule has 0 aliphatic heterocycles. The highest BCUT2D eigenvalue weighted by molar-refractivity contribution is 5.97. The van der Waals surface area contributed by atoms with Gasteiger partial charge >= 0.3 is 5.97 Å². The van der Waals surface area contributed by atoms with Gasteiger partial charge in [0.2, 0.25) is 0 Å². The van der Waals surface area contributed by atoms with Gasteiger partial charge in [0.1, 0.15) is 5.69 Å². The third-order valence-electron chi connectivity index (χ3n) is 3.99. The molecule has 1 aliphatic carbocycles. The van der Waals surface area contributed by atoms with Crippen molar-refractivity contribution >= 4 is 17.3 Å². The first-order valence-electron chi connectivity index (χ1n) is 6.85. The van der Waals surface area contributed by atoms with E-state index in [1.165, 1.54) is 18.2 Å². The molecule has 0 aromatic heterocycles. The standard InChI is InChI=1S/C14H18N2O5/c1-15(10-6-2-3-8-12(10)17)13-9(14(18)19)5-4-7-11(13)16(20)21/h4-5,7,10,12,17H,2-3,6,8H2,1H3,(H,18,19). The summed E-state index contributed by atoms with van der Waals surface area (Å²) in [5.41, 5.74) is -0.319. The van der Waals surface area contributed by atoms with Crippen LogP contribution < -0.4 is 4.90 Å². The Morgan fingerprint density at radius 1 is 1.38 bits per heavy atom. The number of carboxylic acids is 1. The van der Waals surface area contributed by atoms with Gasteiger partial charge in [-0.25, -0.2) is 4.79 Å². The van der Waals surface area contributed by atoms with Gasteiger partial charge < -0.3 is 15.1 Å². The van der Waals surface area contributed by atoms with Crippen LogP contribution in [0.1, 0.15) is 36.0 Å². The van der Waals surface area contributed by atoms with E-state index in [0.29, 0.717) is 12.8 Å². The zero-order valence-electron chi connectivity index (χ0n) is 11.7. The van der Waals surface area contributed by atoms with Crippen molar-refractivity contribution in [3.63, 3.8) is 0 Å². The van der Waals surface area contributed by atoms with E-state index in [9.17, 15) is 25.1 Å². The zero-order valence-corrected chi connectivity index (χ0v) is 11.7. The average molecular weight is 294 g/mol. The Morgan fingerprint density at radius 3 is 2.62 bits per heavy atom. The van der Waals surface area contributed by atoms with Crippen LogP contribution in [0.15, 0.2) is 18.2 Å². The molecule has 2 atom stereocenters. The van der Waals surface area contributed by atoms with Gasteiger partial charge in [0, 0.05) is 13.1 Å². The molecule has 1 aromatic rings. The second-order valence-electron chi connectivity index (χ2n) is 5.27. The average Bonchev–Trinajstić information content (AvgIpc) is 2.46. The summed E-state index contributed by atoms with van der Waals surface area (Å²) in [7, 11) is 1.61. The maximum Gasteiger partial charge on any atom is 0.338 e. The molecule has 0 radical (unpaired) electrons. The van der Waals surface area contributed by atoms with E-state index in [1.54, 1.807) is 11.9 Å². The van der Waals surface area contributed by atoms with Gasteiger partial charge in [-0.15, -0.1) is 0 Å². The number of rotatable bonds is 4. The molecule has 0 heterocycles. The van der Waals surface area contributed by atoms with Gasteiger partial charge in [0.15, 0.2) is 0 Å². The number of aromatic carboxylic acids is 1. The number of para-hydroxylation sites is 1. The molecule has 1 aliphatic rings. The maximum absolute atomic E-state index is 11.4. The molecule has 7 nitrogen and oxygen atoms in total. The number of hydrogen-bond donors (Lipinski definition) is 2. The SMILES string of the molecule is CN(c1c(C(=O)O)cccc1[N+](=O)[O-])C1CCCCC1O. The van der Waals surface area contributed by atoms with Crippen LogP contribution in [-0.4, -0.2) is 40.3 Å². The molecule has 114 valence electrons. The Kier molecular flexibility index (Phi) is 4.42. The van der Waals surface area contributed by atoms with Crippen molar-refractivity contribution in [1.82, 2.24) is 0 Å². The Hall–Kier alpha value is -2.15. The normalized spacial score (nSPS) is 21.8. The van der Waals surface area contributed by atoms with Crippen LogP contribution in [0.25, 0.3) is 0 Å². The fourth-order valence-corrected chi connectivity index (χ4v) is 2.93. The number of carbonyl (C=O) groups is 1. The molecule has 1 aromatic carbocycles. The summed E-state index contributed by atoms with van der Waals surface area (Å²) in [6, 6.07) is 3.68. The van der Waals surface area contributed by atoms with E-state index in [2.05, 4.69) is 0 Å². The molecule has 2 rings (SSSR count). The predicted molar refractivity (Wildman–Crippen MR) is 76.7 cm³/mol. The first-order chi connectivity index (χ1) is 9.93. The summed E-state index contributed by atoms with van der Waals surface area (Å²) in [6.07, 6.45) is 2.52. The molecule has 0 saturated heterocycles. The van der Waals surface area contributed by atoms with Crippen LogP contribution in [0.5, 0.6) is 0 Å². The molecule has 0 amide bonds. The zero-order chi connectivity index (χ0) is 15.6. The third kappa shape index (κ3) is 2.97. The lowest BCUT2D eigenvalue weighted by Gasteiger charge is -2.36. The van der Waals surface area contributed by atoms with Crippen molar-refractivity contribution in [1.29, 1.82) is 0 Å². The van der Waals surface area contributed by atoms with Crippen LogP contribution in [0.4, 0.5) is 11.4 Å². The van der Waals surface area contributed by atoms with E-state index in [1.807, 2.05) is 0 Å². The Balaban J connectivity index is 2.49. The van der Waals surface area contributed by atoms with Crippen LogP contribution in [0, 0.1) is 10.1 Å². The highest BCUT2D eigenvalue weighted by atomic mass is 16.6. The van der Waals surface area contributed by atoms with Crippen molar-refractivity contribution in [2.45, 2.75) is 37.8 Å². The lowest BCUT2D eigenvalue weighted by molar-refractivity contribution is -0.384. The predicted octanol–water partition coefficient (Wildman–Crippen LogP) is 2.03. The molecule has 1 saturated carbocycles. The molecule has 21 heavy (non-hydrogen) atoms. The van der Waals surface area contributed by atoms with Crippen molar-refractivity contribution in [2.75, 3.05) is 11.9 Å². The number of carboxylic acid groups (broad SMARTS) is 1. The van der Waals surface area contributed by atoms with Crippen LogP contribution in [-0.2, 0) is 0 Å². The molecule has 2 N–H and O–H groups in total. The van der Waals surface area contributed by atoms with Crippen molar-refractivity contribution in [3.8, 4) is 0 Å². The van der Waals surface area contributed by atoms with Gasteiger partial charge in [-0.2, -0.15) is 0 Å². The summed E-state index contributed by atoms with van der Waals surface area (Å²) in [5, 5.41) is 30.6. The van der Waals surface area contributed by atoms with Crippen molar-refractivity contribution in [3.05, 3.63) is 33.9 Å². The number of aliphatic hydroxyl groups is 1. The van der Waals surface area contributed by atoms with Crippen molar-refractivity contribution in [2.24, 2.45) is 0 Å². The summed E-state index contributed by atoms with van der Waals surface area (Å²) >= 11 is 0. The van der Waals surface area contributed by atoms with Gasteiger partial charge in [0.05, 0.1) is 22.6 Å². The fraction of sp³-hybridized carbons (Fsp3) is 0.500. The Bertz CT molecular complexity index is 528. The maximum atomic E-state index is 11.4. The molecule has 0 bridgehead atoms. The Labute approximate surface area is 122 Å². The number of likely N-dealkylation sites (N-methyl/N-ethyl adjacent to an activating group) is 1. The number of aliphatic hydroxyl groups excluding tert-OH is 1. The van der Waals surface area contributed by atoms with E-state index in [0.717, 1.165) is 12.8 Å². The summed E-state index contributed by atoms with van der Waals surface area (Å²) < 4.78 is 0.